The maximum absolute atomic E-state index is 12.8. The van der Waals surface area contributed by atoms with E-state index in [-0.39, 0.29) is 17.3 Å². The molecule has 0 atom stereocenters. The molecule has 122 valence electrons. The van der Waals surface area contributed by atoms with E-state index in [1.807, 2.05) is 0 Å². The lowest BCUT2D eigenvalue weighted by atomic mass is 10.2. The van der Waals surface area contributed by atoms with Gasteiger partial charge in [-0.25, -0.2) is 13.4 Å². The summed E-state index contributed by atoms with van der Waals surface area (Å²) in [5, 5.41) is 9.81. The van der Waals surface area contributed by atoms with E-state index in [9.17, 15) is 13.5 Å². The van der Waals surface area contributed by atoms with Crippen LogP contribution in [0.15, 0.2) is 29.6 Å². The van der Waals surface area contributed by atoms with Gasteiger partial charge >= 0.3 is 0 Å². The number of hydrogen-bond donors (Lipinski definition) is 1. The lowest BCUT2D eigenvalue weighted by molar-refractivity contribution is 0.0274. The molecule has 0 bridgehead atoms. The van der Waals surface area contributed by atoms with Gasteiger partial charge in [0.2, 0.25) is 0 Å². The van der Waals surface area contributed by atoms with Crippen LogP contribution in [0.3, 0.4) is 0 Å². The van der Waals surface area contributed by atoms with Crippen LogP contribution >= 0.6 is 0 Å². The van der Waals surface area contributed by atoms with Crippen molar-refractivity contribution in [3.8, 4) is 5.75 Å². The largest absolute Gasteiger partial charge is 0.489 e. The van der Waals surface area contributed by atoms with Crippen molar-refractivity contribution in [1.82, 2.24) is 9.38 Å². The van der Waals surface area contributed by atoms with E-state index in [0.717, 1.165) is 0 Å². The quantitative estimate of drug-likeness (QED) is 0.930. The minimum atomic E-state index is -3.60. The average molecular weight is 326 g/mol. The third kappa shape index (κ3) is 3.25. The molecule has 6 nitrogen and oxygen atoms in total. The Bertz CT molecular complexity index is 780. The van der Waals surface area contributed by atoms with E-state index < -0.39 is 20.2 Å². The van der Waals surface area contributed by atoms with E-state index in [2.05, 4.69) is 4.98 Å². The highest BCUT2D eigenvalue weighted by atomic mass is 32.2. The first-order valence-electron chi connectivity index (χ1n) is 6.98. The summed E-state index contributed by atoms with van der Waals surface area (Å²) in [6.07, 6.45) is 4.77. The van der Waals surface area contributed by atoms with Crippen LogP contribution in [0.1, 0.15) is 34.6 Å². The molecular weight excluding hydrogens is 304 g/mol. The number of nitrogens with zero attached hydrogens (tertiary/aromatic N) is 2. The second kappa shape index (κ2) is 5.24. The van der Waals surface area contributed by atoms with Crippen molar-refractivity contribution in [1.29, 1.82) is 0 Å². The molecule has 2 aromatic heterocycles. The molecule has 22 heavy (non-hydrogen) atoms. The fourth-order valence-corrected chi connectivity index (χ4v) is 3.12. The number of aliphatic hydroxyl groups is 1. The maximum Gasteiger partial charge on any atom is 0.188 e. The van der Waals surface area contributed by atoms with Gasteiger partial charge in [-0.3, -0.25) is 0 Å². The van der Waals surface area contributed by atoms with Crippen molar-refractivity contribution in [2.75, 3.05) is 6.61 Å². The second-order valence-corrected chi connectivity index (χ2v) is 9.58. The maximum atomic E-state index is 12.8. The summed E-state index contributed by atoms with van der Waals surface area (Å²) < 4.78 is 31.8. The molecule has 2 heterocycles. The second-order valence-electron chi connectivity index (χ2n) is 6.91. The average Bonchev–Trinajstić information content (AvgIpc) is 2.79. The first kappa shape index (κ1) is 16.8. The molecule has 0 aliphatic heterocycles. The van der Waals surface area contributed by atoms with Gasteiger partial charge in [0.1, 0.15) is 22.9 Å². The van der Waals surface area contributed by atoms with Gasteiger partial charge in [-0.15, -0.1) is 0 Å². The van der Waals surface area contributed by atoms with E-state index in [4.69, 9.17) is 4.74 Å². The van der Waals surface area contributed by atoms with Crippen molar-refractivity contribution >= 4 is 15.5 Å². The highest BCUT2D eigenvalue weighted by Gasteiger charge is 2.34. The Labute approximate surface area is 130 Å². The molecule has 0 fully saturated rings. The van der Waals surface area contributed by atoms with E-state index in [0.29, 0.717) is 5.65 Å². The van der Waals surface area contributed by atoms with E-state index >= 15 is 0 Å². The Morgan fingerprint density at radius 2 is 1.91 bits per heavy atom. The Morgan fingerprint density at radius 1 is 1.27 bits per heavy atom. The Kier molecular flexibility index (Phi) is 3.99. The van der Waals surface area contributed by atoms with Crippen molar-refractivity contribution in [2.24, 2.45) is 0 Å². The SMILES string of the molecule is CC(C)(O)COc1cc2nccn2cc1S(=O)(=O)C(C)(C)C. The van der Waals surface area contributed by atoms with Crippen LogP contribution in [0.5, 0.6) is 5.75 Å². The van der Waals surface area contributed by atoms with Gasteiger partial charge in [-0.2, -0.15) is 0 Å². The van der Waals surface area contributed by atoms with Crippen LogP contribution in [0.2, 0.25) is 0 Å². The molecule has 2 rings (SSSR count). The molecule has 0 aromatic carbocycles. The molecule has 0 aliphatic carbocycles. The normalized spacial score (nSPS) is 13.5. The Morgan fingerprint density at radius 3 is 2.45 bits per heavy atom. The summed E-state index contributed by atoms with van der Waals surface area (Å²) in [5.41, 5.74) is -0.483. The highest BCUT2D eigenvalue weighted by Crippen LogP contribution is 2.33. The number of aromatic nitrogens is 2. The first-order chi connectivity index (χ1) is 9.92. The molecule has 2 aromatic rings. The Hall–Kier alpha value is -1.60. The fraction of sp³-hybridized carbons (Fsp3) is 0.533. The van der Waals surface area contributed by atoms with Crippen LogP contribution in [-0.2, 0) is 9.84 Å². The van der Waals surface area contributed by atoms with Gasteiger partial charge < -0.3 is 14.2 Å². The number of fused-ring (bicyclic) bond motifs is 1. The van der Waals surface area contributed by atoms with Gasteiger partial charge in [0, 0.05) is 24.7 Å². The molecule has 0 aliphatic rings. The van der Waals surface area contributed by atoms with Crippen LogP contribution < -0.4 is 4.74 Å². The minimum Gasteiger partial charge on any atom is -0.489 e. The number of sulfone groups is 1. The number of pyridine rings is 1. The first-order valence-corrected chi connectivity index (χ1v) is 8.47. The van der Waals surface area contributed by atoms with Gasteiger partial charge in [-0.1, -0.05) is 0 Å². The number of imidazole rings is 1. The third-order valence-electron chi connectivity index (χ3n) is 3.13. The molecule has 0 spiro atoms. The van der Waals surface area contributed by atoms with Gasteiger partial charge in [0.25, 0.3) is 0 Å². The summed E-state index contributed by atoms with van der Waals surface area (Å²) >= 11 is 0. The molecule has 0 unspecified atom stereocenters. The molecule has 7 heteroatoms. The fourth-order valence-electron chi connectivity index (χ4n) is 1.82. The molecule has 0 saturated carbocycles. The zero-order valence-electron chi connectivity index (χ0n) is 13.5. The van der Waals surface area contributed by atoms with Gasteiger partial charge in [-0.05, 0) is 34.6 Å². The summed E-state index contributed by atoms with van der Waals surface area (Å²) in [6, 6.07) is 1.57. The van der Waals surface area contributed by atoms with Crippen LogP contribution in [-0.4, -0.2) is 39.9 Å². The number of hydrogen-bond acceptors (Lipinski definition) is 5. The van der Waals surface area contributed by atoms with Crippen LogP contribution in [0, 0.1) is 0 Å². The minimum absolute atomic E-state index is 0.0173. The summed E-state index contributed by atoms with van der Waals surface area (Å²) in [4.78, 5) is 4.23. The van der Waals surface area contributed by atoms with E-state index in [1.54, 1.807) is 57.5 Å². The summed E-state index contributed by atoms with van der Waals surface area (Å²) in [6.45, 7) is 8.09. The topological polar surface area (TPSA) is 80.9 Å². The zero-order chi connectivity index (χ0) is 16.8. The monoisotopic (exact) mass is 326 g/mol. The smallest absolute Gasteiger partial charge is 0.188 e. The lowest BCUT2D eigenvalue weighted by Gasteiger charge is -2.23. The van der Waals surface area contributed by atoms with Gasteiger partial charge in [0.15, 0.2) is 9.84 Å². The molecule has 0 amide bonds. The van der Waals surface area contributed by atoms with Gasteiger partial charge in [0.05, 0.1) is 10.3 Å². The predicted octanol–water partition coefficient (Wildman–Crippen LogP) is 2.06. The van der Waals surface area contributed by atoms with Crippen molar-refractivity contribution in [3.63, 3.8) is 0 Å². The molecule has 0 saturated heterocycles. The Balaban J connectivity index is 2.60. The van der Waals surface area contributed by atoms with Crippen LogP contribution in [0.4, 0.5) is 0 Å². The molecule has 1 N–H and O–H groups in total. The zero-order valence-corrected chi connectivity index (χ0v) is 14.3. The summed E-state index contributed by atoms with van der Waals surface area (Å²) in [7, 11) is -3.60. The third-order valence-corrected chi connectivity index (χ3v) is 5.63. The lowest BCUT2D eigenvalue weighted by Crippen LogP contribution is -2.31. The molecule has 0 radical (unpaired) electrons. The standard InChI is InChI=1S/C15H22N2O4S/c1-14(2,3)22(19,20)12-9-17-7-6-16-13(17)8-11(12)21-10-15(4,5)18/h6-9,18H,10H2,1-5H3. The van der Waals surface area contributed by atoms with Crippen molar-refractivity contribution in [2.45, 2.75) is 49.9 Å². The van der Waals surface area contributed by atoms with Crippen molar-refractivity contribution in [3.05, 3.63) is 24.7 Å². The molecular formula is C15H22N2O4S. The number of rotatable bonds is 4. The van der Waals surface area contributed by atoms with Crippen LogP contribution in [0.25, 0.3) is 5.65 Å². The van der Waals surface area contributed by atoms with Crippen molar-refractivity contribution < 1.29 is 18.3 Å². The number of ether oxygens (including phenoxy) is 1. The highest BCUT2D eigenvalue weighted by molar-refractivity contribution is 7.92. The summed E-state index contributed by atoms with van der Waals surface area (Å²) in [5.74, 6) is 0.204. The van der Waals surface area contributed by atoms with E-state index in [1.165, 1.54) is 6.20 Å². The predicted molar refractivity (Wildman–Crippen MR) is 83.9 cm³/mol.